The summed E-state index contributed by atoms with van der Waals surface area (Å²) < 4.78 is 0. The lowest BCUT2D eigenvalue weighted by Crippen LogP contribution is -2.35. The van der Waals surface area contributed by atoms with Gasteiger partial charge in [0.15, 0.2) is 0 Å². The van der Waals surface area contributed by atoms with Gasteiger partial charge in [0, 0.05) is 19.4 Å². The molecule has 1 amide bonds. The van der Waals surface area contributed by atoms with Crippen LogP contribution in [0.5, 0.6) is 0 Å². The van der Waals surface area contributed by atoms with E-state index in [0.717, 1.165) is 6.42 Å². The molecule has 0 aromatic carbocycles. The molecule has 0 saturated carbocycles. The first kappa shape index (κ1) is 13.7. The molecule has 0 aliphatic carbocycles. The van der Waals surface area contributed by atoms with Crippen LogP contribution < -0.4 is 0 Å². The van der Waals surface area contributed by atoms with Gasteiger partial charge in [-0.3, -0.25) is 9.59 Å². The number of amides is 1. The molecule has 1 fully saturated rings. The molecular weight excluding hydrogens is 222 g/mol. The standard InChI is InChI=1S/C12H19NO4/c14-9-10-6-7-11(15)13(10)8-4-2-1-3-5-12(16)17/h2,4,10,14H,1,3,5-9H2,(H,16,17)/b4-2-. The Morgan fingerprint density at radius 3 is 2.88 bits per heavy atom. The number of aliphatic carboxylic acids is 1. The Kier molecular flexibility index (Phi) is 5.69. The maximum absolute atomic E-state index is 11.5. The lowest BCUT2D eigenvalue weighted by atomic mass is 10.2. The van der Waals surface area contributed by atoms with E-state index < -0.39 is 5.97 Å². The summed E-state index contributed by atoms with van der Waals surface area (Å²) in [5.74, 6) is -0.701. The number of carboxylic acids is 1. The molecular formula is C12H19NO4. The molecule has 96 valence electrons. The number of aliphatic hydroxyl groups is 1. The number of nitrogens with zero attached hydrogens (tertiary/aromatic N) is 1. The molecule has 1 unspecified atom stereocenters. The number of carboxylic acid groups (broad SMARTS) is 1. The van der Waals surface area contributed by atoms with Gasteiger partial charge in [-0.1, -0.05) is 12.2 Å². The van der Waals surface area contributed by atoms with Gasteiger partial charge in [0.05, 0.1) is 12.6 Å². The minimum atomic E-state index is -0.784. The summed E-state index contributed by atoms with van der Waals surface area (Å²) in [5.41, 5.74) is 0. The first-order valence-electron chi connectivity index (χ1n) is 5.92. The molecule has 0 bridgehead atoms. The van der Waals surface area contributed by atoms with Crippen LogP contribution in [0, 0.1) is 0 Å². The molecule has 5 nitrogen and oxygen atoms in total. The normalized spacial score (nSPS) is 20.4. The number of unbranched alkanes of at least 4 members (excludes halogenated alkanes) is 1. The Bertz CT molecular complexity index is 301. The number of likely N-dealkylation sites (tertiary alicyclic amines) is 1. The lowest BCUT2D eigenvalue weighted by molar-refractivity contribution is -0.137. The zero-order chi connectivity index (χ0) is 12.7. The van der Waals surface area contributed by atoms with Crippen molar-refractivity contribution in [2.75, 3.05) is 13.2 Å². The number of carbonyl (C=O) groups is 2. The zero-order valence-corrected chi connectivity index (χ0v) is 9.84. The second-order valence-electron chi connectivity index (χ2n) is 4.18. The van der Waals surface area contributed by atoms with Crippen LogP contribution in [0.15, 0.2) is 12.2 Å². The number of hydrogen-bond acceptors (Lipinski definition) is 3. The first-order valence-corrected chi connectivity index (χ1v) is 5.92. The van der Waals surface area contributed by atoms with Crippen LogP contribution in [0.4, 0.5) is 0 Å². The van der Waals surface area contributed by atoms with E-state index >= 15 is 0 Å². The van der Waals surface area contributed by atoms with Gasteiger partial charge in [0.1, 0.15) is 0 Å². The van der Waals surface area contributed by atoms with E-state index in [1.165, 1.54) is 0 Å². The van der Waals surface area contributed by atoms with Gasteiger partial charge >= 0.3 is 5.97 Å². The quantitative estimate of drug-likeness (QED) is 0.510. The van der Waals surface area contributed by atoms with Gasteiger partial charge in [0.25, 0.3) is 0 Å². The smallest absolute Gasteiger partial charge is 0.303 e. The van der Waals surface area contributed by atoms with Gasteiger partial charge in [-0.05, 0) is 19.3 Å². The van der Waals surface area contributed by atoms with Crippen molar-refractivity contribution in [3.63, 3.8) is 0 Å². The topological polar surface area (TPSA) is 77.8 Å². The summed E-state index contributed by atoms with van der Waals surface area (Å²) in [6.07, 6.45) is 6.49. The average molecular weight is 241 g/mol. The molecule has 0 spiro atoms. The minimum absolute atomic E-state index is 0.0125. The average Bonchev–Trinajstić information content (AvgIpc) is 2.64. The van der Waals surface area contributed by atoms with Crippen molar-refractivity contribution in [3.05, 3.63) is 12.2 Å². The van der Waals surface area contributed by atoms with Crippen LogP contribution >= 0.6 is 0 Å². The molecule has 1 saturated heterocycles. The van der Waals surface area contributed by atoms with Gasteiger partial charge in [-0.15, -0.1) is 0 Å². The molecule has 17 heavy (non-hydrogen) atoms. The maximum Gasteiger partial charge on any atom is 0.303 e. The van der Waals surface area contributed by atoms with Gasteiger partial charge in [0.2, 0.25) is 5.91 Å². The van der Waals surface area contributed by atoms with E-state index in [-0.39, 0.29) is 25.0 Å². The van der Waals surface area contributed by atoms with Gasteiger partial charge < -0.3 is 15.1 Å². The minimum Gasteiger partial charge on any atom is -0.481 e. The van der Waals surface area contributed by atoms with E-state index in [9.17, 15) is 9.59 Å². The molecule has 0 aromatic rings. The van der Waals surface area contributed by atoms with E-state index in [1.54, 1.807) is 4.90 Å². The third-order valence-corrected chi connectivity index (χ3v) is 2.89. The van der Waals surface area contributed by atoms with Crippen molar-refractivity contribution in [1.29, 1.82) is 0 Å². The van der Waals surface area contributed by atoms with Gasteiger partial charge in [-0.2, -0.15) is 0 Å². The molecule has 1 atom stereocenters. The molecule has 0 radical (unpaired) electrons. The number of hydrogen-bond donors (Lipinski definition) is 2. The second-order valence-corrected chi connectivity index (χ2v) is 4.18. The van der Waals surface area contributed by atoms with Crippen LogP contribution in [-0.2, 0) is 9.59 Å². The summed E-state index contributed by atoms with van der Waals surface area (Å²) in [5, 5.41) is 17.5. The Balaban J connectivity index is 2.22. The predicted molar refractivity (Wildman–Crippen MR) is 62.4 cm³/mol. The largest absolute Gasteiger partial charge is 0.481 e. The molecule has 1 heterocycles. The Morgan fingerprint density at radius 2 is 2.24 bits per heavy atom. The second kappa shape index (κ2) is 7.06. The number of allylic oxidation sites excluding steroid dienone is 1. The number of carbonyl (C=O) groups excluding carboxylic acids is 1. The van der Waals surface area contributed by atoms with E-state index in [0.29, 0.717) is 25.8 Å². The van der Waals surface area contributed by atoms with Gasteiger partial charge in [-0.25, -0.2) is 0 Å². The highest BCUT2D eigenvalue weighted by Crippen LogP contribution is 2.17. The summed E-state index contributed by atoms with van der Waals surface area (Å²) >= 11 is 0. The molecule has 2 N–H and O–H groups in total. The fraction of sp³-hybridized carbons (Fsp3) is 0.667. The van der Waals surface area contributed by atoms with Crippen LogP contribution in [0.2, 0.25) is 0 Å². The summed E-state index contributed by atoms with van der Waals surface area (Å²) in [6.45, 7) is 0.524. The third-order valence-electron chi connectivity index (χ3n) is 2.89. The van der Waals surface area contributed by atoms with Crippen molar-refractivity contribution >= 4 is 11.9 Å². The van der Waals surface area contributed by atoms with E-state index in [2.05, 4.69) is 0 Å². The van der Waals surface area contributed by atoms with Crippen molar-refractivity contribution in [3.8, 4) is 0 Å². The number of rotatable bonds is 7. The highest BCUT2D eigenvalue weighted by atomic mass is 16.4. The predicted octanol–water partition coefficient (Wildman–Crippen LogP) is 0.781. The van der Waals surface area contributed by atoms with Crippen molar-refractivity contribution in [1.82, 2.24) is 4.90 Å². The highest BCUT2D eigenvalue weighted by molar-refractivity contribution is 5.78. The van der Waals surface area contributed by atoms with Crippen LogP contribution in [0.25, 0.3) is 0 Å². The Hall–Kier alpha value is -1.36. The molecule has 1 aliphatic rings. The zero-order valence-electron chi connectivity index (χ0n) is 9.84. The SMILES string of the molecule is O=C(O)CCC/C=C\CN1C(=O)CCC1CO. The van der Waals surface area contributed by atoms with Crippen molar-refractivity contribution < 1.29 is 19.8 Å². The van der Waals surface area contributed by atoms with E-state index in [4.69, 9.17) is 10.2 Å². The Labute approximate surface area is 101 Å². The van der Waals surface area contributed by atoms with E-state index in [1.807, 2.05) is 12.2 Å². The van der Waals surface area contributed by atoms with Crippen LogP contribution in [-0.4, -0.2) is 46.2 Å². The lowest BCUT2D eigenvalue weighted by Gasteiger charge is -2.21. The summed E-state index contributed by atoms with van der Waals surface area (Å²) in [4.78, 5) is 23.4. The molecule has 1 rings (SSSR count). The molecule has 5 heteroatoms. The Morgan fingerprint density at radius 1 is 1.47 bits per heavy atom. The summed E-state index contributed by atoms with van der Waals surface area (Å²) in [6, 6.07) is -0.0498. The monoisotopic (exact) mass is 241 g/mol. The molecule has 1 aliphatic heterocycles. The maximum atomic E-state index is 11.5. The van der Waals surface area contributed by atoms with Crippen LogP contribution in [0.3, 0.4) is 0 Å². The number of aliphatic hydroxyl groups excluding tert-OH is 1. The fourth-order valence-electron chi connectivity index (χ4n) is 1.91. The first-order chi connectivity index (χ1) is 8.15. The van der Waals surface area contributed by atoms with Crippen molar-refractivity contribution in [2.45, 2.75) is 38.1 Å². The fourth-order valence-corrected chi connectivity index (χ4v) is 1.91. The highest BCUT2D eigenvalue weighted by Gasteiger charge is 2.28. The molecule has 0 aromatic heterocycles. The van der Waals surface area contributed by atoms with Crippen LogP contribution in [0.1, 0.15) is 32.1 Å². The third kappa shape index (κ3) is 4.56. The van der Waals surface area contributed by atoms with Crippen molar-refractivity contribution in [2.24, 2.45) is 0 Å². The summed E-state index contributed by atoms with van der Waals surface area (Å²) in [7, 11) is 0.